The Morgan fingerprint density at radius 3 is 2.95 bits per heavy atom. The van der Waals surface area contributed by atoms with E-state index in [9.17, 15) is 4.79 Å². The van der Waals surface area contributed by atoms with Crippen LogP contribution >= 0.6 is 0 Å². The molecule has 4 heteroatoms. The van der Waals surface area contributed by atoms with Crippen molar-refractivity contribution in [3.05, 3.63) is 24.0 Å². The zero-order valence-corrected chi connectivity index (χ0v) is 13.4. The smallest absolute Gasteiger partial charge is 0.255 e. The van der Waals surface area contributed by atoms with E-state index in [4.69, 9.17) is 0 Å². The molecule has 2 heterocycles. The summed E-state index contributed by atoms with van der Waals surface area (Å²) >= 11 is 0. The molecule has 4 nitrogen and oxygen atoms in total. The summed E-state index contributed by atoms with van der Waals surface area (Å²) in [6.45, 7) is 8.25. The van der Waals surface area contributed by atoms with E-state index >= 15 is 0 Å². The van der Waals surface area contributed by atoms with Crippen molar-refractivity contribution in [3.8, 4) is 0 Å². The van der Waals surface area contributed by atoms with E-state index in [0.29, 0.717) is 17.5 Å². The Morgan fingerprint density at radius 2 is 2.24 bits per heavy atom. The minimum absolute atomic E-state index is 0.127. The molecule has 0 bridgehead atoms. The SMILES string of the molecule is CCC1CCCCN1C(=O)c1cncc(NCC(C)C)c1. The molecule has 1 saturated heterocycles. The third-order valence-corrected chi connectivity index (χ3v) is 4.06. The topological polar surface area (TPSA) is 45.2 Å². The van der Waals surface area contributed by atoms with Gasteiger partial charge in [-0.3, -0.25) is 9.78 Å². The highest BCUT2D eigenvalue weighted by atomic mass is 16.2. The molecule has 21 heavy (non-hydrogen) atoms. The summed E-state index contributed by atoms with van der Waals surface area (Å²) in [6, 6.07) is 2.32. The minimum Gasteiger partial charge on any atom is -0.384 e. The van der Waals surface area contributed by atoms with Crippen LogP contribution in [0, 0.1) is 5.92 Å². The Hall–Kier alpha value is -1.58. The molecule has 1 atom stereocenters. The average molecular weight is 289 g/mol. The first-order valence-corrected chi connectivity index (χ1v) is 8.11. The Balaban J connectivity index is 2.09. The molecule has 2 rings (SSSR count). The van der Waals surface area contributed by atoms with E-state index in [1.165, 1.54) is 6.42 Å². The molecule has 0 aromatic carbocycles. The molecule has 1 aliphatic heterocycles. The molecule has 0 aliphatic carbocycles. The van der Waals surface area contributed by atoms with Crippen LogP contribution in [-0.4, -0.2) is 34.9 Å². The summed E-state index contributed by atoms with van der Waals surface area (Å²) in [5, 5.41) is 3.33. The van der Waals surface area contributed by atoms with Gasteiger partial charge in [-0.25, -0.2) is 0 Å². The Morgan fingerprint density at radius 1 is 1.43 bits per heavy atom. The van der Waals surface area contributed by atoms with Crippen molar-refractivity contribution in [1.29, 1.82) is 0 Å². The van der Waals surface area contributed by atoms with Crippen LogP contribution in [0.4, 0.5) is 5.69 Å². The molecule has 1 aromatic rings. The molecule has 0 radical (unpaired) electrons. The van der Waals surface area contributed by atoms with Crippen molar-refractivity contribution >= 4 is 11.6 Å². The average Bonchev–Trinajstić information content (AvgIpc) is 2.52. The highest BCUT2D eigenvalue weighted by Crippen LogP contribution is 2.22. The van der Waals surface area contributed by atoms with Crippen molar-refractivity contribution in [2.45, 2.75) is 52.5 Å². The first kappa shape index (κ1) is 15.8. The number of rotatable bonds is 5. The number of aromatic nitrogens is 1. The summed E-state index contributed by atoms with van der Waals surface area (Å²) < 4.78 is 0. The van der Waals surface area contributed by atoms with Gasteiger partial charge >= 0.3 is 0 Å². The highest BCUT2D eigenvalue weighted by Gasteiger charge is 2.26. The van der Waals surface area contributed by atoms with E-state index in [-0.39, 0.29) is 5.91 Å². The lowest BCUT2D eigenvalue weighted by Gasteiger charge is -2.35. The fourth-order valence-electron chi connectivity index (χ4n) is 2.83. The number of anilines is 1. The molecular formula is C17H27N3O. The van der Waals surface area contributed by atoms with Gasteiger partial charge in [-0.05, 0) is 37.7 Å². The van der Waals surface area contributed by atoms with Gasteiger partial charge in [0.25, 0.3) is 5.91 Å². The number of nitrogens with zero attached hydrogens (tertiary/aromatic N) is 2. The maximum absolute atomic E-state index is 12.7. The monoisotopic (exact) mass is 289 g/mol. The van der Waals surface area contributed by atoms with E-state index in [1.807, 2.05) is 11.0 Å². The maximum Gasteiger partial charge on any atom is 0.255 e. The number of carbonyl (C=O) groups is 1. The second kappa shape index (κ2) is 7.43. The van der Waals surface area contributed by atoms with Crippen molar-refractivity contribution in [1.82, 2.24) is 9.88 Å². The van der Waals surface area contributed by atoms with Crippen LogP contribution in [0.5, 0.6) is 0 Å². The van der Waals surface area contributed by atoms with Gasteiger partial charge in [-0.15, -0.1) is 0 Å². The van der Waals surface area contributed by atoms with Gasteiger partial charge in [0.1, 0.15) is 0 Å². The molecule has 1 unspecified atom stereocenters. The number of carbonyl (C=O) groups excluding carboxylic acids is 1. The molecule has 1 fully saturated rings. The molecule has 1 aromatic heterocycles. The number of nitrogens with one attached hydrogen (secondary N) is 1. The molecule has 0 spiro atoms. The molecule has 1 N–H and O–H groups in total. The molecular weight excluding hydrogens is 262 g/mol. The van der Waals surface area contributed by atoms with Crippen molar-refractivity contribution in [2.24, 2.45) is 5.92 Å². The largest absolute Gasteiger partial charge is 0.384 e. The lowest BCUT2D eigenvalue weighted by atomic mass is 9.99. The summed E-state index contributed by atoms with van der Waals surface area (Å²) in [7, 11) is 0. The van der Waals surface area contributed by atoms with E-state index in [2.05, 4.69) is 31.1 Å². The normalized spacial score (nSPS) is 18.9. The zero-order chi connectivity index (χ0) is 15.2. The minimum atomic E-state index is 0.127. The predicted molar refractivity (Wildman–Crippen MR) is 86.5 cm³/mol. The quantitative estimate of drug-likeness (QED) is 0.901. The van der Waals surface area contributed by atoms with Gasteiger partial charge in [0.05, 0.1) is 11.3 Å². The van der Waals surface area contributed by atoms with Crippen molar-refractivity contribution in [2.75, 3.05) is 18.4 Å². The fourth-order valence-corrected chi connectivity index (χ4v) is 2.83. The summed E-state index contributed by atoms with van der Waals surface area (Å²) in [5.41, 5.74) is 1.63. The van der Waals surface area contributed by atoms with Crippen molar-refractivity contribution in [3.63, 3.8) is 0 Å². The number of likely N-dealkylation sites (tertiary alicyclic amines) is 1. The predicted octanol–water partition coefficient (Wildman–Crippen LogP) is 3.55. The van der Waals surface area contributed by atoms with E-state index in [0.717, 1.165) is 38.0 Å². The fraction of sp³-hybridized carbons (Fsp3) is 0.647. The Labute approximate surface area is 127 Å². The summed E-state index contributed by atoms with van der Waals surface area (Å²) in [5.74, 6) is 0.693. The highest BCUT2D eigenvalue weighted by molar-refractivity contribution is 5.95. The van der Waals surface area contributed by atoms with Crippen LogP contribution in [0.15, 0.2) is 18.5 Å². The lowest BCUT2D eigenvalue weighted by Crippen LogP contribution is -2.43. The lowest BCUT2D eigenvalue weighted by molar-refractivity contribution is 0.0607. The number of hydrogen-bond acceptors (Lipinski definition) is 3. The molecule has 116 valence electrons. The van der Waals surface area contributed by atoms with Gasteiger partial charge in [-0.2, -0.15) is 0 Å². The molecule has 1 aliphatic rings. The third-order valence-electron chi connectivity index (χ3n) is 4.06. The summed E-state index contributed by atoms with van der Waals surface area (Å²) in [4.78, 5) is 19.0. The van der Waals surface area contributed by atoms with Crippen LogP contribution in [0.25, 0.3) is 0 Å². The van der Waals surface area contributed by atoms with Gasteiger partial charge in [0.15, 0.2) is 0 Å². The van der Waals surface area contributed by atoms with Gasteiger partial charge in [0.2, 0.25) is 0 Å². The van der Waals surface area contributed by atoms with Crippen LogP contribution in [0.1, 0.15) is 56.8 Å². The summed E-state index contributed by atoms with van der Waals surface area (Å²) in [6.07, 6.45) is 7.97. The van der Waals surface area contributed by atoms with Crippen molar-refractivity contribution < 1.29 is 4.79 Å². The number of pyridine rings is 1. The zero-order valence-electron chi connectivity index (χ0n) is 13.4. The second-order valence-corrected chi connectivity index (χ2v) is 6.29. The number of piperidine rings is 1. The van der Waals surface area contributed by atoms with E-state index in [1.54, 1.807) is 12.4 Å². The first-order chi connectivity index (χ1) is 10.1. The van der Waals surface area contributed by atoms with Crippen LogP contribution in [-0.2, 0) is 0 Å². The third kappa shape index (κ3) is 4.19. The Bertz CT molecular complexity index is 473. The van der Waals surface area contributed by atoms with Crippen LogP contribution in [0.2, 0.25) is 0 Å². The first-order valence-electron chi connectivity index (χ1n) is 8.11. The van der Waals surface area contributed by atoms with Crippen LogP contribution in [0.3, 0.4) is 0 Å². The van der Waals surface area contributed by atoms with Crippen LogP contribution < -0.4 is 5.32 Å². The number of amides is 1. The number of hydrogen-bond donors (Lipinski definition) is 1. The van der Waals surface area contributed by atoms with Gasteiger partial charge in [-0.1, -0.05) is 20.8 Å². The standard InChI is InChI=1S/C17H27N3O/c1-4-16-7-5-6-8-20(16)17(21)14-9-15(12-18-11-14)19-10-13(2)3/h9,11-13,16,19H,4-8,10H2,1-3H3. The Kier molecular flexibility index (Phi) is 5.59. The maximum atomic E-state index is 12.7. The molecule has 1 amide bonds. The van der Waals surface area contributed by atoms with Gasteiger partial charge < -0.3 is 10.2 Å². The molecule has 0 saturated carbocycles. The second-order valence-electron chi connectivity index (χ2n) is 6.29. The van der Waals surface area contributed by atoms with E-state index < -0.39 is 0 Å². The van der Waals surface area contributed by atoms with Gasteiger partial charge in [0, 0.05) is 31.5 Å².